The number of rotatable bonds is 2. The van der Waals surface area contributed by atoms with Gasteiger partial charge in [0.2, 0.25) is 5.90 Å². The number of phenolic OH excluding ortho intramolecular Hbond substituents is 1. The van der Waals surface area contributed by atoms with Gasteiger partial charge in [0.15, 0.2) is 11.5 Å². The molecule has 0 amide bonds. The van der Waals surface area contributed by atoms with Crippen LogP contribution < -0.4 is 4.74 Å². The average Bonchev–Trinajstić information content (AvgIpc) is 2.16. The fourth-order valence-corrected chi connectivity index (χ4v) is 0.949. The van der Waals surface area contributed by atoms with Crippen LogP contribution in [-0.4, -0.2) is 25.2 Å². The van der Waals surface area contributed by atoms with Gasteiger partial charge in [-0.1, -0.05) is 0 Å². The van der Waals surface area contributed by atoms with Crippen molar-refractivity contribution >= 4 is 5.90 Å². The van der Waals surface area contributed by atoms with Gasteiger partial charge in [-0.3, -0.25) is 5.41 Å². The second kappa shape index (κ2) is 3.80. The molecule has 0 aliphatic carbocycles. The molecular formula is C9H11NO3. The Morgan fingerprint density at radius 2 is 2.08 bits per heavy atom. The molecule has 0 unspecified atom stereocenters. The van der Waals surface area contributed by atoms with E-state index in [1.165, 1.54) is 20.3 Å². The normalized spacial score (nSPS) is 9.38. The average molecular weight is 181 g/mol. The summed E-state index contributed by atoms with van der Waals surface area (Å²) >= 11 is 0. The number of hydrogen-bond donors (Lipinski definition) is 2. The van der Waals surface area contributed by atoms with Gasteiger partial charge >= 0.3 is 0 Å². The summed E-state index contributed by atoms with van der Waals surface area (Å²) in [5.41, 5.74) is 0.515. The van der Waals surface area contributed by atoms with Crippen LogP contribution in [-0.2, 0) is 4.74 Å². The lowest BCUT2D eigenvalue weighted by Gasteiger charge is -2.05. The maximum atomic E-state index is 9.36. The lowest BCUT2D eigenvalue weighted by molar-refractivity contribution is 0.372. The minimum Gasteiger partial charge on any atom is -0.504 e. The first-order valence-electron chi connectivity index (χ1n) is 3.69. The van der Waals surface area contributed by atoms with Gasteiger partial charge in [-0.25, -0.2) is 0 Å². The summed E-state index contributed by atoms with van der Waals surface area (Å²) in [6.07, 6.45) is 0. The number of phenols is 1. The summed E-state index contributed by atoms with van der Waals surface area (Å²) in [7, 11) is 2.87. The molecule has 1 aromatic rings. The molecule has 4 heteroatoms. The zero-order valence-corrected chi connectivity index (χ0v) is 7.50. The summed E-state index contributed by atoms with van der Waals surface area (Å²) in [6, 6.07) is 4.65. The van der Waals surface area contributed by atoms with Gasteiger partial charge in [0.1, 0.15) is 0 Å². The number of nitrogens with one attached hydrogen (secondary N) is 1. The molecule has 0 spiro atoms. The van der Waals surface area contributed by atoms with Gasteiger partial charge in [0.05, 0.1) is 14.2 Å². The zero-order chi connectivity index (χ0) is 9.84. The molecule has 0 heterocycles. The Hall–Kier alpha value is -1.71. The van der Waals surface area contributed by atoms with Gasteiger partial charge < -0.3 is 14.6 Å². The van der Waals surface area contributed by atoms with Crippen LogP contribution in [0.5, 0.6) is 11.5 Å². The first kappa shape index (κ1) is 9.38. The highest BCUT2D eigenvalue weighted by Crippen LogP contribution is 2.26. The van der Waals surface area contributed by atoms with Crippen molar-refractivity contribution < 1.29 is 14.6 Å². The van der Waals surface area contributed by atoms with Crippen molar-refractivity contribution in [3.63, 3.8) is 0 Å². The van der Waals surface area contributed by atoms with Crippen LogP contribution in [0.1, 0.15) is 5.56 Å². The highest BCUT2D eigenvalue weighted by atomic mass is 16.5. The minimum absolute atomic E-state index is 0.00167. The van der Waals surface area contributed by atoms with Crippen molar-refractivity contribution in [2.45, 2.75) is 0 Å². The molecule has 0 radical (unpaired) electrons. The standard InChI is InChI=1S/C9H11NO3/c1-12-8-4-3-6(5-7(8)11)9(10)13-2/h3-5,10-11H,1-2H3. The van der Waals surface area contributed by atoms with E-state index in [0.717, 1.165) is 0 Å². The molecule has 0 fully saturated rings. The summed E-state index contributed by atoms with van der Waals surface area (Å²) in [5.74, 6) is 0.396. The number of benzene rings is 1. The summed E-state index contributed by atoms with van der Waals surface area (Å²) in [4.78, 5) is 0. The molecule has 0 aliphatic rings. The molecule has 0 saturated heterocycles. The van der Waals surface area contributed by atoms with Crippen molar-refractivity contribution in [2.24, 2.45) is 0 Å². The van der Waals surface area contributed by atoms with Gasteiger partial charge in [-0.2, -0.15) is 0 Å². The van der Waals surface area contributed by atoms with Crippen LogP contribution in [0.4, 0.5) is 0 Å². The van der Waals surface area contributed by atoms with Crippen molar-refractivity contribution in [1.29, 1.82) is 5.41 Å². The lowest BCUT2D eigenvalue weighted by Crippen LogP contribution is -2.00. The largest absolute Gasteiger partial charge is 0.504 e. The second-order valence-corrected chi connectivity index (χ2v) is 2.42. The molecule has 0 saturated carbocycles. The van der Waals surface area contributed by atoms with E-state index in [1.807, 2.05) is 0 Å². The van der Waals surface area contributed by atoms with Crippen LogP contribution >= 0.6 is 0 Å². The molecule has 0 aromatic heterocycles. The van der Waals surface area contributed by atoms with Gasteiger partial charge in [-0.15, -0.1) is 0 Å². The van der Waals surface area contributed by atoms with Crippen molar-refractivity contribution in [3.05, 3.63) is 23.8 Å². The Balaban J connectivity index is 3.02. The fourth-order valence-electron chi connectivity index (χ4n) is 0.949. The predicted octanol–water partition coefficient (Wildman–Crippen LogP) is 1.37. The molecule has 70 valence electrons. The zero-order valence-electron chi connectivity index (χ0n) is 7.50. The highest BCUT2D eigenvalue weighted by Gasteiger charge is 2.05. The lowest BCUT2D eigenvalue weighted by atomic mass is 10.2. The third-order valence-electron chi connectivity index (χ3n) is 1.65. The Bertz CT molecular complexity index is 323. The molecule has 2 N–H and O–H groups in total. The van der Waals surface area contributed by atoms with Crippen LogP contribution in [0.3, 0.4) is 0 Å². The van der Waals surface area contributed by atoms with E-state index in [-0.39, 0.29) is 11.6 Å². The van der Waals surface area contributed by atoms with Gasteiger partial charge in [0.25, 0.3) is 0 Å². The van der Waals surface area contributed by atoms with E-state index < -0.39 is 0 Å². The molecule has 0 atom stereocenters. The van der Waals surface area contributed by atoms with E-state index >= 15 is 0 Å². The Morgan fingerprint density at radius 3 is 2.54 bits per heavy atom. The predicted molar refractivity (Wildman–Crippen MR) is 48.5 cm³/mol. The number of methoxy groups -OCH3 is 2. The fraction of sp³-hybridized carbons (Fsp3) is 0.222. The van der Waals surface area contributed by atoms with E-state index in [0.29, 0.717) is 11.3 Å². The van der Waals surface area contributed by atoms with E-state index in [9.17, 15) is 5.11 Å². The molecule has 13 heavy (non-hydrogen) atoms. The van der Waals surface area contributed by atoms with Gasteiger partial charge in [-0.05, 0) is 18.2 Å². The number of ether oxygens (including phenoxy) is 2. The molecule has 1 rings (SSSR count). The van der Waals surface area contributed by atoms with Crippen molar-refractivity contribution in [2.75, 3.05) is 14.2 Å². The first-order valence-corrected chi connectivity index (χ1v) is 3.69. The van der Waals surface area contributed by atoms with E-state index in [1.54, 1.807) is 12.1 Å². The van der Waals surface area contributed by atoms with E-state index in [4.69, 9.17) is 14.9 Å². The van der Waals surface area contributed by atoms with Crippen molar-refractivity contribution in [1.82, 2.24) is 0 Å². The Kier molecular flexibility index (Phi) is 2.74. The van der Waals surface area contributed by atoms with Crippen LogP contribution in [0.25, 0.3) is 0 Å². The van der Waals surface area contributed by atoms with Crippen molar-refractivity contribution in [3.8, 4) is 11.5 Å². The Morgan fingerprint density at radius 1 is 1.38 bits per heavy atom. The summed E-state index contributed by atoms with van der Waals surface area (Å²) < 4.78 is 9.55. The van der Waals surface area contributed by atoms with Crippen LogP contribution in [0.15, 0.2) is 18.2 Å². The maximum absolute atomic E-state index is 9.36. The highest BCUT2D eigenvalue weighted by molar-refractivity contribution is 5.92. The summed E-state index contributed by atoms with van der Waals surface area (Å²) in [6.45, 7) is 0. The number of aromatic hydroxyl groups is 1. The smallest absolute Gasteiger partial charge is 0.213 e. The van der Waals surface area contributed by atoms with Crippen LogP contribution in [0, 0.1) is 5.41 Å². The Labute approximate surface area is 76.2 Å². The van der Waals surface area contributed by atoms with E-state index in [2.05, 4.69) is 0 Å². The molecule has 0 bridgehead atoms. The monoisotopic (exact) mass is 181 g/mol. The number of hydrogen-bond acceptors (Lipinski definition) is 4. The summed E-state index contributed by atoms with van der Waals surface area (Å²) in [5, 5.41) is 16.7. The molecule has 4 nitrogen and oxygen atoms in total. The van der Waals surface area contributed by atoms with Gasteiger partial charge in [0, 0.05) is 5.56 Å². The topological polar surface area (TPSA) is 62.5 Å². The quantitative estimate of drug-likeness (QED) is 0.535. The molecule has 0 aliphatic heterocycles. The molecular weight excluding hydrogens is 170 g/mol. The third-order valence-corrected chi connectivity index (χ3v) is 1.65. The minimum atomic E-state index is 0.00167. The SMILES string of the molecule is COC(=N)c1ccc(OC)c(O)c1. The van der Waals surface area contributed by atoms with Crippen LogP contribution in [0.2, 0.25) is 0 Å². The maximum Gasteiger partial charge on any atom is 0.213 e. The first-order chi connectivity index (χ1) is 6.19. The third kappa shape index (κ3) is 1.90. The molecule has 1 aromatic carbocycles. The second-order valence-electron chi connectivity index (χ2n) is 2.42.